The Hall–Kier alpha value is -4.44. The second kappa shape index (κ2) is 10.6. The minimum absolute atomic E-state index is 0.0114. The molecule has 0 bridgehead atoms. The Morgan fingerprint density at radius 2 is 1.77 bits per heavy atom. The lowest BCUT2D eigenvalue weighted by Crippen LogP contribution is -2.56. The van der Waals surface area contributed by atoms with E-state index in [9.17, 15) is 39.6 Å². The minimum Gasteiger partial charge on any atom is -0.511 e. The molecule has 0 saturated heterocycles. The second-order valence-corrected chi connectivity index (χ2v) is 12.5. The Kier molecular flexibility index (Phi) is 7.15. The number of phenols is 1. The van der Waals surface area contributed by atoms with Gasteiger partial charge < -0.3 is 29.9 Å². The summed E-state index contributed by atoms with van der Waals surface area (Å²) in [5, 5.41) is 44.7. The van der Waals surface area contributed by atoms with Crippen molar-refractivity contribution in [2.45, 2.75) is 70.8 Å². The van der Waals surface area contributed by atoms with Crippen LogP contribution in [0.4, 0.5) is 0 Å². The number of hydrogen-bond acceptors (Lipinski definition) is 10. The predicted octanol–water partition coefficient (Wildman–Crippen LogP) is 4.28. The highest BCUT2D eigenvalue weighted by molar-refractivity contribution is 6.25. The number of allylic oxidation sites excluding steroid dienone is 2. The third-order valence-electron chi connectivity index (χ3n) is 9.41. The highest BCUT2D eigenvalue weighted by atomic mass is 16.7. The van der Waals surface area contributed by atoms with Crippen molar-refractivity contribution in [3.05, 3.63) is 74.7 Å². The van der Waals surface area contributed by atoms with Crippen LogP contribution in [0.1, 0.15) is 78.6 Å². The molecule has 4 aliphatic rings. The van der Waals surface area contributed by atoms with E-state index in [1.165, 1.54) is 0 Å². The van der Waals surface area contributed by atoms with Crippen LogP contribution in [0.3, 0.4) is 0 Å². The molecule has 0 aromatic heterocycles. The molecule has 0 amide bonds. The van der Waals surface area contributed by atoms with E-state index in [4.69, 9.17) is 9.47 Å². The molecule has 6 rings (SSSR count). The summed E-state index contributed by atoms with van der Waals surface area (Å²) in [6.45, 7) is 5.13. The van der Waals surface area contributed by atoms with Gasteiger partial charge in [0.25, 0.3) is 0 Å². The van der Waals surface area contributed by atoms with Gasteiger partial charge in [0.05, 0.1) is 5.56 Å². The lowest BCUT2D eigenvalue weighted by Gasteiger charge is -2.46. The number of carbonyl (C=O) groups is 4. The number of fused-ring (bicyclic) bond motifs is 4. The molecule has 0 saturated carbocycles. The van der Waals surface area contributed by atoms with Crippen molar-refractivity contribution in [3.8, 4) is 17.2 Å². The van der Waals surface area contributed by atoms with Gasteiger partial charge in [0.15, 0.2) is 28.7 Å². The van der Waals surface area contributed by atoms with Crippen LogP contribution < -0.4 is 9.47 Å². The number of ether oxygens (including phenoxy) is 2. The van der Waals surface area contributed by atoms with Gasteiger partial charge in [0.2, 0.25) is 12.6 Å². The quantitative estimate of drug-likeness (QED) is 0.336. The van der Waals surface area contributed by atoms with Gasteiger partial charge in [-0.15, -0.1) is 0 Å². The third kappa shape index (κ3) is 4.51. The molecular formula is C34H34O10. The highest BCUT2D eigenvalue weighted by Crippen LogP contribution is 2.52. The molecule has 10 heteroatoms. The number of Topliss-reactive ketones (excluding diaryl/α,β-unsaturated/α-hetero) is 4. The predicted molar refractivity (Wildman–Crippen MR) is 156 cm³/mol. The van der Waals surface area contributed by atoms with Gasteiger partial charge >= 0.3 is 0 Å². The topological polar surface area (TPSA) is 168 Å². The molecule has 3 atom stereocenters. The smallest absolute Gasteiger partial charge is 0.231 e. The minimum atomic E-state index is -2.54. The van der Waals surface area contributed by atoms with Gasteiger partial charge in [-0.25, -0.2) is 0 Å². The maximum absolute atomic E-state index is 14.1. The van der Waals surface area contributed by atoms with Gasteiger partial charge in [-0.2, -0.15) is 0 Å². The number of aliphatic hydroxyl groups is 3. The van der Waals surface area contributed by atoms with Crippen LogP contribution in [0, 0.1) is 11.8 Å². The van der Waals surface area contributed by atoms with Crippen LogP contribution in [-0.4, -0.2) is 56.0 Å². The summed E-state index contributed by atoms with van der Waals surface area (Å²) in [6.07, 6.45) is 0.587. The van der Waals surface area contributed by atoms with Crippen LogP contribution in [0.25, 0.3) is 0 Å². The fraction of sp³-hybridized carbons (Fsp3) is 0.412. The zero-order valence-electron chi connectivity index (χ0n) is 24.7. The van der Waals surface area contributed by atoms with E-state index in [0.29, 0.717) is 22.6 Å². The fourth-order valence-corrected chi connectivity index (χ4v) is 7.23. The zero-order chi connectivity index (χ0) is 31.7. The average molecular weight is 603 g/mol. The van der Waals surface area contributed by atoms with Crippen molar-refractivity contribution in [1.29, 1.82) is 0 Å². The molecule has 1 heterocycles. The highest BCUT2D eigenvalue weighted by Gasteiger charge is 2.59. The van der Waals surface area contributed by atoms with E-state index in [1.54, 1.807) is 18.2 Å². The first-order chi connectivity index (χ1) is 20.8. The summed E-state index contributed by atoms with van der Waals surface area (Å²) >= 11 is 0. The number of benzene rings is 2. The monoisotopic (exact) mass is 602 g/mol. The van der Waals surface area contributed by atoms with Crippen molar-refractivity contribution in [2.75, 3.05) is 6.79 Å². The molecular weight excluding hydrogens is 568 g/mol. The van der Waals surface area contributed by atoms with Crippen LogP contribution in [-0.2, 0) is 33.6 Å². The number of rotatable bonds is 7. The number of hydrogen-bond donors (Lipinski definition) is 4. The zero-order valence-corrected chi connectivity index (χ0v) is 24.7. The largest absolute Gasteiger partial charge is 0.511 e. The molecule has 0 fully saturated rings. The Bertz CT molecular complexity index is 1710. The molecule has 3 aliphatic carbocycles. The molecule has 10 nitrogen and oxygen atoms in total. The summed E-state index contributed by atoms with van der Waals surface area (Å²) < 4.78 is 10.7. The summed E-state index contributed by atoms with van der Waals surface area (Å²) in [7, 11) is 0. The first kappa shape index (κ1) is 29.6. The average Bonchev–Trinajstić information content (AvgIpc) is 3.42. The van der Waals surface area contributed by atoms with Crippen LogP contribution in [0.5, 0.6) is 17.2 Å². The Morgan fingerprint density at radius 3 is 2.48 bits per heavy atom. The van der Waals surface area contributed by atoms with Crippen molar-refractivity contribution in [1.82, 2.24) is 0 Å². The first-order valence-corrected chi connectivity index (χ1v) is 14.8. The Morgan fingerprint density at radius 1 is 1.05 bits per heavy atom. The molecule has 1 aliphatic heterocycles. The number of ketones is 4. The molecule has 2 aromatic carbocycles. The van der Waals surface area contributed by atoms with Crippen molar-refractivity contribution in [2.24, 2.45) is 11.8 Å². The molecule has 44 heavy (non-hydrogen) atoms. The van der Waals surface area contributed by atoms with Crippen molar-refractivity contribution >= 4 is 23.1 Å². The van der Waals surface area contributed by atoms with E-state index in [-0.39, 0.29) is 73.9 Å². The van der Waals surface area contributed by atoms with Crippen LogP contribution in [0.15, 0.2) is 46.9 Å². The van der Waals surface area contributed by atoms with Crippen molar-refractivity contribution in [3.63, 3.8) is 0 Å². The van der Waals surface area contributed by atoms with Gasteiger partial charge in [0.1, 0.15) is 28.6 Å². The maximum Gasteiger partial charge on any atom is 0.231 e. The summed E-state index contributed by atoms with van der Waals surface area (Å²) in [5.41, 5.74) is -0.690. The maximum atomic E-state index is 14.1. The number of aliphatic hydroxyl groups excluding tert-OH is 2. The fourth-order valence-electron chi connectivity index (χ4n) is 7.23. The Labute approximate surface area is 253 Å². The number of phenolic OH excluding ortho intramolecular Hbond substituents is 1. The molecule has 0 radical (unpaired) electrons. The van der Waals surface area contributed by atoms with Gasteiger partial charge in [-0.05, 0) is 72.4 Å². The van der Waals surface area contributed by atoms with Crippen LogP contribution in [0.2, 0.25) is 0 Å². The summed E-state index contributed by atoms with van der Waals surface area (Å²) in [5.74, 6) is -4.59. The molecule has 2 aromatic rings. The van der Waals surface area contributed by atoms with Crippen LogP contribution >= 0.6 is 0 Å². The summed E-state index contributed by atoms with van der Waals surface area (Å²) in [4.78, 5) is 52.4. The number of aromatic hydroxyl groups is 1. The van der Waals surface area contributed by atoms with Gasteiger partial charge in [0, 0.05) is 30.8 Å². The number of carbonyl (C=O) groups excluding carboxylic acids is 4. The van der Waals surface area contributed by atoms with E-state index < -0.39 is 51.9 Å². The Balaban J connectivity index is 1.33. The molecule has 4 N–H and O–H groups in total. The number of aryl methyl sites for hydroxylation is 1. The molecule has 0 spiro atoms. The van der Waals surface area contributed by atoms with E-state index in [0.717, 1.165) is 18.1 Å². The SMILES string of the molecule is CC(=O)C1=C(O)C[C@@H]2C[C@@H]3Cc4c(C(C)C)cc(CCC(=O)Cc5ccc6c(c5)OCO6)c(O)c4C(=O)C3=C(O)[C@]2(O)C1=O. The molecule has 0 unspecified atom stereocenters. The summed E-state index contributed by atoms with van der Waals surface area (Å²) in [6, 6.07) is 7.14. The van der Waals surface area contributed by atoms with Crippen molar-refractivity contribution < 1.29 is 49.1 Å². The second-order valence-electron chi connectivity index (χ2n) is 12.5. The molecule has 230 valence electrons. The van der Waals surface area contributed by atoms with Gasteiger partial charge in [-0.1, -0.05) is 26.0 Å². The first-order valence-electron chi connectivity index (χ1n) is 14.8. The van der Waals surface area contributed by atoms with E-state index in [2.05, 4.69) is 0 Å². The van der Waals surface area contributed by atoms with E-state index in [1.807, 2.05) is 19.9 Å². The lowest BCUT2D eigenvalue weighted by molar-refractivity contribution is -0.144. The van der Waals surface area contributed by atoms with E-state index >= 15 is 0 Å². The normalized spacial score (nSPS) is 23.9. The third-order valence-corrected chi connectivity index (χ3v) is 9.41. The lowest BCUT2D eigenvalue weighted by atomic mass is 9.59. The standard InChI is InChI=1S/C34H34O10/c1-15(2)22-11-18(5-6-21(36)8-17-4-7-25-26(9-17)44-14-43-25)30(38)29-23(22)12-19-10-20-13-24(37)27(16(3)35)32(40)34(20,42)33(41)28(19)31(29)39/h4,7,9,11,15,19-20,37-38,41-42H,5-6,8,10,12-14H2,1-3H3/t19-,20+,34-/m1/s1. The van der Waals surface area contributed by atoms with Gasteiger partial charge in [-0.3, -0.25) is 19.2 Å².